The van der Waals surface area contributed by atoms with Crippen molar-refractivity contribution >= 4 is 81.8 Å². The highest BCUT2D eigenvalue weighted by Crippen LogP contribution is 2.28. The van der Waals surface area contributed by atoms with E-state index in [9.17, 15) is 68.1 Å². The number of aromatic amines is 1. The number of guanidine groups is 1. The third kappa shape index (κ3) is 21.5. The van der Waals surface area contributed by atoms with Crippen LogP contribution in [0.4, 0.5) is 0 Å². The number of phenolic OH excluding ortho intramolecular Hbond substituents is 1. The number of ether oxygens (including phenoxy) is 1. The van der Waals surface area contributed by atoms with Crippen molar-refractivity contribution in [1.82, 2.24) is 63.1 Å². The number of aliphatic hydroxyl groups is 2. The van der Waals surface area contributed by atoms with Gasteiger partial charge in [0.1, 0.15) is 54.1 Å². The van der Waals surface area contributed by atoms with Gasteiger partial charge in [-0.3, -0.25) is 58.1 Å². The van der Waals surface area contributed by atoms with Crippen molar-refractivity contribution in [3.05, 3.63) is 65.9 Å². The number of carbonyl (C=O) groups is 11. The van der Waals surface area contributed by atoms with Crippen LogP contribution in [-0.2, 0) is 70.3 Å². The molecule has 1 aliphatic heterocycles. The van der Waals surface area contributed by atoms with E-state index < -0.39 is 145 Å². The van der Waals surface area contributed by atoms with E-state index in [2.05, 4.69) is 58.2 Å². The lowest BCUT2D eigenvalue weighted by atomic mass is 9.84. The minimum atomic E-state index is -1.84. The number of fused-ring (bicyclic) bond motifs is 1. The fraction of sp³-hybridized carbons (Fsp3) is 0.544. The van der Waals surface area contributed by atoms with Crippen molar-refractivity contribution in [2.75, 3.05) is 40.4 Å². The number of phenols is 1. The molecular weight excluding hydrogens is 1130 g/mol. The summed E-state index contributed by atoms with van der Waals surface area (Å²) < 4.78 is 5.24. The van der Waals surface area contributed by atoms with Crippen molar-refractivity contribution in [2.45, 2.75) is 151 Å². The highest BCUT2D eigenvalue weighted by molar-refractivity contribution is 5.99. The van der Waals surface area contributed by atoms with Gasteiger partial charge in [0.15, 0.2) is 5.96 Å². The zero-order chi connectivity index (χ0) is 63.9. The summed E-state index contributed by atoms with van der Waals surface area (Å²) in [6, 6.07) is 1.50. The molecule has 1 aliphatic carbocycles. The van der Waals surface area contributed by atoms with Crippen LogP contribution in [-0.4, -0.2) is 197 Å². The van der Waals surface area contributed by atoms with Crippen LogP contribution in [0.2, 0.25) is 0 Å². The van der Waals surface area contributed by atoms with E-state index >= 15 is 0 Å². The van der Waals surface area contributed by atoms with Crippen molar-refractivity contribution in [1.29, 1.82) is 5.41 Å². The van der Waals surface area contributed by atoms with Gasteiger partial charge in [0.2, 0.25) is 65.0 Å². The summed E-state index contributed by atoms with van der Waals surface area (Å²) in [7, 11) is 2.80. The van der Waals surface area contributed by atoms with Gasteiger partial charge < -0.3 is 94.6 Å². The summed E-state index contributed by atoms with van der Waals surface area (Å²) >= 11 is 0. The highest BCUT2D eigenvalue weighted by Gasteiger charge is 2.43. The fourth-order valence-electron chi connectivity index (χ4n) is 10.5. The highest BCUT2D eigenvalue weighted by atomic mass is 16.5. The number of methoxy groups -OCH3 is 1. The number of nitrogens with two attached hydrogens (primary N) is 2. The molecule has 1 aromatic heterocycles. The first-order chi connectivity index (χ1) is 41.4. The largest absolute Gasteiger partial charge is 0.508 e. The summed E-state index contributed by atoms with van der Waals surface area (Å²) in [5, 5.41) is 65.4. The maximum atomic E-state index is 14.1. The third-order valence-corrected chi connectivity index (χ3v) is 15.0. The summed E-state index contributed by atoms with van der Waals surface area (Å²) in [5.41, 5.74) is 13.3. The number of para-hydroxylation sites is 1. The first kappa shape index (κ1) is 68.9. The van der Waals surface area contributed by atoms with Crippen molar-refractivity contribution < 1.29 is 72.8 Å². The van der Waals surface area contributed by atoms with Gasteiger partial charge in [-0.15, -0.1) is 0 Å². The third-order valence-electron chi connectivity index (χ3n) is 15.0. The van der Waals surface area contributed by atoms with E-state index in [0.717, 1.165) is 42.0 Å². The van der Waals surface area contributed by atoms with Crippen LogP contribution in [0.15, 0.2) is 54.7 Å². The normalized spacial score (nSPS) is 17.7. The van der Waals surface area contributed by atoms with Gasteiger partial charge in [-0.2, -0.15) is 0 Å². The average molecular weight is 1220 g/mol. The van der Waals surface area contributed by atoms with Crippen LogP contribution in [0.1, 0.15) is 89.2 Å². The van der Waals surface area contributed by atoms with Crippen LogP contribution < -0.4 is 64.6 Å². The molecule has 3 aromatic rings. The molecule has 1 saturated carbocycles. The molecule has 19 N–H and O–H groups in total. The van der Waals surface area contributed by atoms with E-state index in [1.807, 2.05) is 24.3 Å². The Morgan fingerprint density at radius 3 is 2.06 bits per heavy atom. The number of carbonyl (C=O) groups excluding carboxylic acids is 11. The number of likely N-dealkylation sites (tertiary alicyclic amines) is 1. The van der Waals surface area contributed by atoms with Crippen LogP contribution in [0, 0.1) is 11.3 Å². The maximum Gasteiger partial charge on any atom is 0.246 e. The second-order valence-corrected chi connectivity index (χ2v) is 21.9. The number of aromatic nitrogens is 1. The Bertz CT molecular complexity index is 2920. The molecule has 0 spiro atoms. The molecule has 2 fully saturated rings. The Balaban J connectivity index is 1.25. The fourth-order valence-corrected chi connectivity index (χ4v) is 10.5. The lowest BCUT2D eigenvalue weighted by Crippen LogP contribution is -2.61. The number of aromatic hydroxyl groups is 1. The molecule has 0 radical (unpaired) electrons. The van der Waals surface area contributed by atoms with E-state index in [4.69, 9.17) is 21.6 Å². The molecule has 0 unspecified atom stereocenters. The molecule has 2 heterocycles. The average Bonchev–Trinajstić information content (AvgIpc) is 2.72. The number of β-amino-alcohol motifs (C(OH)–C–C–N with tert-alkyl or cyclic N) is 1. The summed E-state index contributed by atoms with van der Waals surface area (Å²) in [6.45, 7) is 1.03. The Morgan fingerprint density at radius 2 is 1.41 bits per heavy atom. The Labute approximate surface area is 502 Å². The zero-order valence-electron chi connectivity index (χ0n) is 49.2. The SMILES string of the molecule is CNC(=N)NCCC[C@H](NC(=O)[C@H](COC)NC(=O)CNC(=O)[C@H](CC1CCCCC1)NC(=O)[C@@H](NC(=O)[C@H](CC(N)=O)NC(=O)[C@@H]1C[C@@H](O)CN1C(=O)[C@@H](Cc1ccc(O)cc1)NC(C)=O)[C@@H](C)O)C(=O)N[C@@H](Cc1c[nH]c2ccccc12)C(N)=O. The topological polar surface area (TPSA) is 473 Å². The maximum absolute atomic E-state index is 14.1. The van der Waals surface area contributed by atoms with E-state index in [1.165, 1.54) is 45.3 Å². The molecule has 2 aliphatic rings. The molecule has 5 rings (SSSR count). The first-order valence-corrected chi connectivity index (χ1v) is 28.8. The van der Waals surface area contributed by atoms with Crippen molar-refractivity contribution in [3.63, 3.8) is 0 Å². The van der Waals surface area contributed by atoms with Gasteiger partial charge in [-0.1, -0.05) is 62.4 Å². The van der Waals surface area contributed by atoms with E-state index in [-0.39, 0.29) is 69.2 Å². The Morgan fingerprint density at radius 1 is 0.759 bits per heavy atom. The molecule has 10 atom stereocenters. The number of aliphatic hydroxyl groups excluding tert-OH is 2. The predicted molar refractivity (Wildman–Crippen MR) is 314 cm³/mol. The predicted octanol–water partition coefficient (Wildman–Crippen LogP) is -3.97. The van der Waals surface area contributed by atoms with Crippen LogP contribution >= 0.6 is 0 Å². The van der Waals surface area contributed by atoms with Crippen LogP contribution in [0.3, 0.4) is 0 Å². The van der Waals surface area contributed by atoms with Crippen LogP contribution in [0.25, 0.3) is 10.9 Å². The van der Waals surface area contributed by atoms with Gasteiger partial charge >= 0.3 is 0 Å². The molecule has 11 amide bonds. The number of primary amides is 2. The molecule has 1 saturated heterocycles. The Kier molecular flexibility index (Phi) is 26.7. The van der Waals surface area contributed by atoms with Gasteiger partial charge in [-0.05, 0) is 61.4 Å². The smallest absolute Gasteiger partial charge is 0.246 e. The number of hydrogen-bond acceptors (Lipinski definition) is 16. The van der Waals surface area contributed by atoms with Crippen molar-refractivity contribution in [3.8, 4) is 5.75 Å². The van der Waals surface area contributed by atoms with Gasteiger partial charge in [0.05, 0.1) is 31.8 Å². The number of H-pyrrole nitrogens is 1. The molecule has 87 heavy (non-hydrogen) atoms. The second-order valence-electron chi connectivity index (χ2n) is 21.9. The standard InChI is InChI=1S/C57H83N15O15/c1-30(73)48(71-52(82)42(25-46(58)77)69-54(84)45-24-36(76)28-72(45)56(86)43(65-31(2)74)22-33-16-18-35(75)19-17-33)55(85)70-41(21-32-11-6-5-7-12-32)50(80)64-27-47(78)66-44(29-87-4)53(83)67-39(15-10-20-62-57(60)61-3)51(81)68-40(49(59)79)23-34-26-63-38-14-9-8-13-37(34)38/h8-9,13-14,16-19,26,30,32,36,39-45,48,63,73,75-76H,5-7,10-12,15,20-25,27-29H2,1-4H3,(H2,58,77)(H2,59,79)(H,64,80)(H,65,74)(H,66,78)(H,67,83)(H,68,81)(H,69,84)(H,70,85)(H,71,82)(H3,60,61,62)/t30-,36-,39+,40+,41+,42+,43-,44+,45+,48+/m1/s1. The number of nitrogens with zero attached hydrogens (tertiary/aromatic N) is 1. The first-order valence-electron chi connectivity index (χ1n) is 28.8. The second kappa shape index (κ2) is 33.7. The number of benzene rings is 2. The number of nitrogens with one attached hydrogen (secondary N) is 12. The number of rotatable bonds is 32. The van der Waals surface area contributed by atoms with Gasteiger partial charge in [-0.25, -0.2) is 0 Å². The molecule has 30 heteroatoms. The monoisotopic (exact) mass is 1220 g/mol. The molecule has 30 nitrogen and oxygen atoms in total. The van der Waals surface area contributed by atoms with Gasteiger partial charge in [0, 0.05) is 70.5 Å². The molecule has 0 bridgehead atoms. The Hall–Kier alpha value is -8.90. The minimum Gasteiger partial charge on any atom is -0.508 e. The lowest BCUT2D eigenvalue weighted by molar-refractivity contribution is -0.142. The van der Waals surface area contributed by atoms with Crippen LogP contribution in [0.5, 0.6) is 5.75 Å². The zero-order valence-corrected chi connectivity index (χ0v) is 49.2. The lowest BCUT2D eigenvalue weighted by Gasteiger charge is -2.30. The molecule has 476 valence electrons. The summed E-state index contributed by atoms with van der Waals surface area (Å²) in [5.74, 6) is -10.1. The summed E-state index contributed by atoms with van der Waals surface area (Å²) in [4.78, 5) is 153. The van der Waals surface area contributed by atoms with E-state index in [1.54, 1.807) is 6.20 Å². The summed E-state index contributed by atoms with van der Waals surface area (Å²) in [6.07, 6.45) is 1.85. The van der Waals surface area contributed by atoms with E-state index in [0.29, 0.717) is 24.0 Å². The number of hydrogen-bond donors (Lipinski definition) is 17. The van der Waals surface area contributed by atoms with Crippen molar-refractivity contribution in [2.24, 2.45) is 17.4 Å². The quantitative estimate of drug-likeness (QED) is 0.0161. The molecule has 2 aromatic carbocycles. The minimum absolute atomic E-state index is 0.00339. The molecular formula is C57H83N15O15. The number of amides is 11. The van der Waals surface area contributed by atoms with Gasteiger partial charge in [0.25, 0.3) is 0 Å².